The Morgan fingerprint density at radius 3 is 2.25 bits per heavy atom. The van der Waals surface area contributed by atoms with Crippen LogP contribution in [-0.2, 0) is 9.59 Å². The first kappa shape index (κ1) is 26.0. The summed E-state index contributed by atoms with van der Waals surface area (Å²) >= 11 is 6.47. The maximum atomic E-state index is 13.2. The molecule has 0 radical (unpaired) electrons. The molecular formula is C28H34ClN3O4. The molecule has 7 nitrogen and oxygen atoms in total. The summed E-state index contributed by atoms with van der Waals surface area (Å²) in [5, 5.41) is 5.54. The molecular weight excluding hydrogens is 478 g/mol. The van der Waals surface area contributed by atoms with Gasteiger partial charge < -0.3 is 20.3 Å². The fourth-order valence-corrected chi connectivity index (χ4v) is 5.37. The van der Waals surface area contributed by atoms with Gasteiger partial charge in [-0.3, -0.25) is 14.4 Å². The highest BCUT2D eigenvalue weighted by molar-refractivity contribution is 6.30. The summed E-state index contributed by atoms with van der Waals surface area (Å²) < 4.78 is 5.16. The average Bonchev–Trinajstić information content (AvgIpc) is 2.93. The predicted molar refractivity (Wildman–Crippen MR) is 139 cm³/mol. The van der Waals surface area contributed by atoms with Crippen LogP contribution in [0.4, 0.5) is 0 Å². The van der Waals surface area contributed by atoms with E-state index in [1.54, 1.807) is 36.3 Å². The number of hydrogen-bond donors (Lipinski definition) is 2. The predicted octanol–water partition coefficient (Wildman–Crippen LogP) is 4.07. The minimum absolute atomic E-state index is 0.0612. The summed E-state index contributed by atoms with van der Waals surface area (Å²) in [6, 6.07) is 16.0. The van der Waals surface area contributed by atoms with Gasteiger partial charge in [0.1, 0.15) is 11.1 Å². The first-order chi connectivity index (χ1) is 17.5. The van der Waals surface area contributed by atoms with Crippen molar-refractivity contribution in [2.24, 2.45) is 5.92 Å². The summed E-state index contributed by atoms with van der Waals surface area (Å²) in [6.07, 6.45) is 5.11. The number of halogens is 1. The van der Waals surface area contributed by atoms with Gasteiger partial charge in [0.15, 0.2) is 0 Å². The van der Waals surface area contributed by atoms with Crippen LogP contribution in [0.3, 0.4) is 0 Å². The van der Waals surface area contributed by atoms with E-state index in [1.165, 1.54) is 0 Å². The Bertz CT molecular complexity index is 1050. The molecule has 1 aliphatic heterocycles. The number of nitrogens with zero attached hydrogens (tertiary/aromatic N) is 1. The van der Waals surface area contributed by atoms with Gasteiger partial charge in [-0.25, -0.2) is 0 Å². The standard InChI is InChI=1S/C28H34ClN3O4/c1-36-22-15-13-20(14-16-22)26(33)30-23-11-5-6-12-24(23)31-27(34)21-10-7-17-32(18-21)28(35)25(29)19-8-3-2-4-9-19/h2-4,8-9,13-16,21,23-25H,5-7,10-12,17-18H2,1H3,(H,30,33)(H,31,34)/t21?,23-,24?,25?/m1/s1. The molecule has 3 unspecified atom stereocenters. The molecule has 1 aliphatic carbocycles. The largest absolute Gasteiger partial charge is 0.497 e. The van der Waals surface area contributed by atoms with Gasteiger partial charge in [-0.2, -0.15) is 0 Å². The van der Waals surface area contributed by atoms with Gasteiger partial charge in [-0.05, 0) is 55.5 Å². The number of rotatable bonds is 7. The number of hydrogen-bond acceptors (Lipinski definition) is 4. The van der Waals surface area contributed by atoms with Gasteiger partial charge >= 0.3 is 0 Å². The lowest BCUT2D eigenvalue weighted by Crippen LogP contribution is -2.55. The van der Waals surface area contributed by atoms with Crippen molar-refractivity contribution in [2.75, 3.05) is 20.2 Å². The molecule has 8 heteroatoms. The fourth-order valence-electron chi connectivity index (χ4n) is 5.09. The van der Waals surface area contributed by atoms with Crippen molar-refractivity contribution in [1.82, 2.24) is 15.5 Å². The number of benzene rings is 2. The topological polar surface area (TPSA) is 87.7 Å². The molecule has 3 amide bonds. The zero-order valence-corrected chi connectivity index (χ0v) is 21.4. The Labute approximate surface area is 217 Å². The maximum Gasteiger partial charge on any atom is 0.251 e. The zero-order valence-electron chi connectivity index (χ0n) is 20.6. The molecule has 192 valence electrons. The van der Waals surface area contributed by atoms with Crippen LogP contribution < -0.4 is 15.4 Å². The summed E-state index contributed by atoms with van der Waals surface area (Å²) in [4.78, 5) is 40.8. The summed E-state index contributed by atoms with van der Waals surface area (Å²) in [6.45, 7) is 0.957. The molecule has 2 fully saturated rings. The molecule has 4 rings (SSSR count). The first-order valence-corrected chi connectivity index (χ1v) is 13.1. The Hall–Kier alpha value is -3.06. The van der Waals surface area contributed by atoms with E-state index in [0.717, 1.165) is 44.1 Å². The van der Waals surface area contributed by atoms with Crippen LogP contribution in [-0.4, -0.2) is 54.9 Å². The smallest absolute Gasteiger partial charge is 0.251 e. The van der Waals surface area contributed by atoms with E-state index in [0.29, 0.717) is 24.4 Å². The van der Waals surface area contributed by atoms with Crippen molar-refractivity contribution in [3.8, 4) is 5.75 Å². The van der Waals surface area contributed by atoms with E-state index in [1.807, 2.05) is 30.3 Å². The number of amides is 3. The number of methoxy groups -OCH3 is 1. The molecule has 36 heavy (non-hydrogen) atoms. The monoisotopic (exact) mass is 511 g/mol. The second kappa shape index (κ2) is 12.3. The Morgan fingerprint density at radius 1 is 0.917 bits per heavy atom. The molecule has 0 bridgehead atoms. The molecule has 0 spiro atoms. The molecule has 2 N–H and O–H groups in total. The number of alkyl halides is 1. The third kappa shape index (κ3) is 6.38. The molecule has 1 heterocycles. The van der Waals surface area contributed by atoms with Gasteiger partial charge in [0, 0.05) is 30.7 Å². The first-order valence-electron chi connectivity index (χ1n) is 12.7. The van der Waals surface area contributed by atoms with Crippen LogP contribution in [0.1, 0.15) is 59.8 Å². The lowest BCUT2D eigenvalue weighted by atomic mass is 9.88. The van der Waals surface area contributed by atoms with Crippen molar-refractivity contribution >= 4 is 29.3 Å². The Balaban J connectivity index is 1.34. The second-order valence-electron chi connectivity index (χ2n) is 9.60. The third-order valence-electron chi connectivity index (χ3n) is 7.18. The number of likely N-dealkylation sites (tertiary alicyclic amines) is 1. The van der Waals surface area contributed by atoms with E-state index in [9.17, 15) is 14.4 Å². The summed E-state index contributed by atoms with van der Waals surface area (Å²) in [7, 11) is 1.59. The van der Waals surface area contributed by atoms with E-state index in [2.05, 4.69) is 10.6 Å². The van der Waals surface area contributed by atoms with E-state index >= 15 is 0 Å². The lowest BCUT2D eigenvalue weighted by molar-refractivity contribution is -0.135. The summed E-state index contributed by atoms with van der Waals surface area (Å²) in [5.74, 6) is 0.0183. The van der Waals surface area contributed by atoms with Crippen LogP contribution >= 0.6 is 11.6 Å². The van der Waals surface area contributed by atoms with Gasteiger partial charge in [0.05, 0.1) is 13.0 Å². The molecule has 2 aromatic carbocycles. The van der Waals surface area contributed by atoms with Gasteiger partial charge in [0.2, 0.25) is 11.8 Å². The van der Waals surface area contributed by atoms with E-state index in [4.69, 9.17) is 16.3 Å². The van der Waals surface area contributed by atoms with Crippen molar-refractivity contribution in [3.63, 3.8) is 0 Å². The number of ether oxygens (including phenoxy) is 1. The summed E-state index contributed by atoms with van der Waals surface area (Å²) in [5.41, 5.74) is 1.32. The highest BCUT2D eigenvalue weighted by Crippen LogP contribution is 2.27. The van der Waals surface area contributed by atoms with E-state index in [-0.39, 0.29) is 35.7 Å². The number of nitrogens with one attached hydrogen (secondary N) is 2. The second-order valence-corrected chi connectivity index (χ2v) is 10.0. The highest BCUT2D eigenvalue weighted by Gasteiger charge is 2.34. The van der Waals surface area contributed by atoms with Crippen LogP contribution in [0.25, 0.3) is 0 Å². The molecule has 2 aliphatic rings. The van der Waals surface area contributed by atoms with Crippen molar-refractivity contribution in [2.45, 2.75) is 56.0 Å². The van der Waals surface area contributed by atoms with Crippen molar-refractivity contribution in [1.29, 1.82) is 0 Å². The van der Waals surface area contributed by atoms with Crippen LogP contribution in [0.15, 0.2) is 54.6 Å². The van der Waals surface area contributed by atoms with Crippen LogP contribution in [0, 0.1) is 5.92 Å². The van der Waals surface area contributed by atoms with Crippen LogP contribution in [0.2, 0.25) is 0 Å². The number of piperidine rings is 1. The quantitative estimate of drug-likeness (QED) is 0.548. The van der Waals surface area contributed by atoms with Crippen molar-refractivity contribution in [3.05, 3.63) is 65.7 Å². The fraction of sp³-hybridized carbons (Fsp3) is 0.464. The van der Waals surface area contributed by atoms with Crippen LogP contribution in [0.5, 0.6) is 5.75 Å². The minimum Gasteiger partial charge on any atom is -0.497 e. The lowest BCUT2D eigenvalue weighted by Gasteiger charge is -2.36. The van der Waals surface area contributed by atoms with Gasteiger partial charge in [-0.1, -0.05) is 43.2 Å². The number of carbonyl (C=O) groups excluding carboxylic acids is 3. The van der Waals surface area contributed by atoms with Gasteiger partial charge in [0.25, 0.3) is 5.91 Å². The SMILES string of the molecule is COc1ccc(C(=O)N[C@@H]2CCCCC2NC(=O)C2CCCN(C(=O)C(Cl)c3ccccc3)C2)cc1. The molecule has 1 saturated carbocycles. The molecule has 0 aromatic heterocycles. The maximum absolute atomic E-state index is 13.2. The number of carbonyl (C=O) groups is 3. The van der Waals surface area contributed by atoms with E-state index < -0.39 is 5.38 Å². The Kier molecular flexibility index (Phi) is 8.86. The normalized spacial score (nSPS) is 22.8. The average molecular weight is 512 g/mol. The van der Waals surface area contributed by atoms with Crippen molar-refractivity contribution < 1.29 is 19.1 Å². The van der Waals surface area contributed by atoms with Gasteiger partial charge in [-0.15, -0.1) is 11.6 Å². The Morgan fingerprint density at radius 2 is 1.58 bits per heavy atom. The highest BCUT2D eigenvalue weighted by atomic mass is 35.5. The zero-order chi connectivity index (χ0) is 25.5. The molecule has 1 saturated heterocycles. The minimum atomic E-state index is -0.760. The third-order valence-corrected chi connectivity index (χ3v) is 7.61. The molecule has 2 aromatic rings. The molecule has 4 atom stereocenters.